The lowest BCUT2D eigenvalue weighted by Crippen LogP contribution is -2.38. The first-order valence-electron chi connectivity index (χ1n) is 5.48. The van der Waals surface area contributed by atoms with Crippen molar-refractivity contribution < 1.29 is 8.42 Å². The van der Waals surface area contributed by atoms with E-state index in [4.69, 9.17) is 5.73 Å². The standard InChI is InChI=1S/C11H15BrN2O2S/c1-8-6-9(12)11(7-10(8)13)14-4-2-3-5-17(14,15)16/h6-7H,2-5,13H2,1H3. The molecular weight excluding hydrogens is 304 g/mol. The maximum Gasteiger partial charge on any atom is 0.235 e. The Hall–Kier alpha value is -0.750. The van der Waals surface area contributed by atoms with Gasteiger partial charge in [0.1, 0.15) is 0 Å². The van der Waals surface area contributed by atoms with Gasteiger partial charge >= 0.3 is 0 Å². The molecule has 0 saturated carbocycles. The van der Waals surface area contributed by atoms with Crippen molar-refractivity contribution >= 4 is 37.3 Å². The van der Waals surface area contributed by atoms with Crippen LogP contribution >= 0.6 is 15.9 Å². The molecule has 0 aromatic heterocycles. The summed E-state index contributed by atoms with van der Waals surface area (Å²) < 4.78 is 26.2. The lowest BCUT2D eigenvalue weighted by atomic mass is 10.2. The lowest BCUT2D eigenvalue weighted by Gasteiger charge is -2.29. The van der Waals surface area contributed by atoms with Crippen LogP contribution in [0, 0.1) is 6.92 Å². The van der Waals surface area contributed by atoms with Crippen LogP contribution in [0.25, 0.3) is 0 Å². The van der Waals surface area contributed by atoms with Crippen LogP contribution in [0.5, 0.6) is 0 Å². The fourth-order valence-corrected chi connectivity index (χ4v) is 4.36. The summed E-state index contributed by atoms with van der Waals surface area (Å²) in [5.74, 6) is 0.215. The molecule has 94 valence electrons. The normalized spacial score (nSPS) is 19.3. The molecule has 0 unspecified atom stereocenters. The van der Waals surface area contributed by atoms with Gasteiger partial charge in [-0.3, -0.25) is 4.31 Å². The number of rotatable bonds is 1. The molecule has 0 spiro atoms. The summed E-state index contributed by atoms with van der Waals surface area (Å²) in [6, 6.07) is 3.58. The molecule has 0 aliphatic carbocycles. The van der Waals surface area contributed by atoms with Crippen molar-refractivity contribution in [1.82, 2.24) is 0 Å². The van der Waals surface area contributed by atoms with Gasteiger partial charge in [0.25, 0.3) is 0 Å². The fraction of sp³-hybridized carbons (Fsp3) is 0.455. The predicted octanol–water partition coefficient (Wildman–Crippen LogP) is 2.27. The van der Waals surface area contributed by atoms with Crippen molar-refractivity contribution in [3.8, 4) is 0 Å². The van der Waals surface area contributed by atoms with Crippen LogP contribution in [-0.2, 0) is 10.0 Å². The molecule has 0 bridgehead atoms. The highest BCUT2D eigenvalue weighted by Crippen LogP contribution is 2.34. The first-order valence-corrected chi connectivity index (χ1v) is 7.88. The van der Waals surface area contributed by atoms with Gasteiger partial charge in [-0.1, -0.05) is 0 Å². The molecular formula is C11H15BrN2O2S. The molecule has 2 rings (SSSR count). The van der Waals surface area contributed by atoms with Gasteiger partial charge in [-0.15, -0.1) is 0 Å². The van der Waals surface area contributed by atoms with E-state index < -0.39 is 10.0 Å². The zero-order valence-electron chi connectivity index (χ0n) is 9.61. The number of benzene rings is 1. The predicted molar refractivity (Wildman–Crippen MR) is 73.7 cm³/mol. The van der Waals surface area contributed by atoms with Crippen LogP contribution in [0.1, 0.15) is 18.4 Å². The Kier molecular flexibility index (Phi) is 3.36. The van der Waals surface area contributed by atoms with E-state index in [1.165, 1.54) is 4.31 Å². The molecule has 0 radical (unpaired) electrons. The summed E-state index contributed by atoms with van der Waals surface area (Å²) >= 11 is 3.41. The highest BCUT2D eigenvalue weighted by molar-refractivity contribution is 9.10. The van der Waals surface area contributed by atoms with Crippen LogP contribution in [0.15, 0.2) is 16.6 Å². The third kappa shape index (κ3) is 2.42. The molecule has 1 aromatic rings. The molecule has 17 heavy (non-hydrogen) atoms. The second kappa shape index (κ2) is 4.49. The Morgan fingerprint density at radius 3 is 2.71 bits per heavy atom. The minimum atomic E-state index is -3.18. The summed E-state index contributed by atoms with van der Waals surface area (Å²) in [5.41, 5.74) is 8.04. The van der Waals surface area contributed by atoms with E-state index in [0.29, 0.717) is 17.9 Å². The summed E-state index contributed by atoms with van der Waals surface area (Å²) in [6.07, 6.45) is 1.62. The second-order valence-electron chi connectivity index (χ2n) is 4.26. The highest BCUT2D eigenvalue weighted by Gasteiger charge is 2.27. The van der Waals surface area contributed by atoms with Crippen molar-refractivity contribution in [3.05, 3.63) is 22.2 Å². The number of aryl methyl sites for hydroxylation is 1. The summed E-state index contributed by atoms with van der Waals surface area (Å²) in [4.78, 5) is 0. The van der Waals surface area contributed by atoms with Gasteiger partial charge in [0, 0.05) is 16.7 Å². The topological polar surface area (TPSA) is 63.4 Å². The molecule has 0 amide bonds. The second-order valence-corrected chi connectivity index (χ2v) is 7.12. The first kappa shape index (κ1) is 12.7. The van der Waals surface area contributed by atoms with Crippen LogP contribution in [0.4, 0.5) is 11.4 Å². The Balaban J connectivity index is 2.50. The SMILES string of the molecule is Cc1cc(Br)c(N2CCCCS2(=O)=O)cc1N. The molecule has 1 aliphatic rings. The van der Waals surface area contributed by atoms with E-state index in [9.17, 15) is 8.42 Å². The number of nitrogens with two attached hydrogens (primary N) is 1. The van der Waals surface area contributed by atoms with Crippen LogP contribution < -0.4 is 10.0 Å². The summed E-state index contributed by atoms with van der Waals surface area (Å²) in [6.45, 7) is 2.43. The van der Waals surface area contributed by atoms with Gasteiger partial charge in [-0.2, -0.15) is 0 Å². The first-order chi connectivity index (χ1) is 7.92. The van der Waals surface area contributed by atoms with E-state index in [2.05, 4.69) is 15.9 Å². The zero-order valence-corrected chi connectivity index (χ0v) is 12.0. The molecule has 2 N–H and O–H groups in total. The van der Waals surface area contributed by atoms with Gasteiger partial charge in [0.2, 0.25) is 10.0 Å². The van der Waals surface area contributed by atoms with Crippen molar-refractivity contribution in [1.29, 1.82) is 0 Å². The molecule has 4 nitrogen and oxygen atoms in total. The molecule has 0 atom stereocenters. The number of nitrogens with zero attached hydrogens (tertiary/aromatic N) is 1. The van der Waals surface area contributed by atoms with Gasteiger partial charge in [0.05, 0.1) is 11.4 Å². The van der Waals surface area contributed by atoms with Crippen molar-refractivity contribution in [2.45, 2.75) is 19.8 Å². The van der Waals surface area contributed by atoms with E-state index in [-0.39, 0.29) is 5.75 Å². The Bertz CT molecular complexity index is 543. The van der Waals surface area contributed by atoms with Gasteiger partial charge in [-0.25, -0.2) is 8.42 Å². The highest BCUT2D eigenvalue weighted by atomic mass is 79.9. The van der Waals surface area contributed by atoms with Crippen molar-refractivity contribution in [2.75, 3.05) is 22.3 Å². The van der Waals surface area contributed by atoms with Crippen LogP contribution in [0.3, 0.4) is 0 Å². The maximum absolute atomic E-state index is 12.0. The van der Waals surface area contributed by atoms with Gasteiger partial charge in [-0.05, 0) is 53.4 Å². The molecule has 1 fully saturated rings. The van der Waals surface area contributed by atoms with E-state index in [1.807, 2.05) is 13.0 Å². The number of anilines is 2. The third-order valence-electron chi connectivity index (χ3n) is 2.95. The summed E-state index contributed by atoms with van der Waals surface area (Å²) in [5, 5.41) is 0. The largest absolute Gasteiger partial charge is 0.398 e. The smallest absolute Gasteiger partial charge is 0.235 e. The number of hydrogen-bond donors (Lipinski definition) is 1. The monoisotopic (exact) mass is 318 g/mol. The van der Waals surface area contributed by atoms with Crippen molar-refractivity contribution in [2.24, 2.45) is 0 Å². The van der Waals surface area contributed by atoms with E-state index >= 15 is 0 Å². The average Bonchev–Trinajstić information content (AvgIpc) is 2.23. The quantitative estimate of drug-likeness (QED) is 0.808. The Labute approximate surface area is 110 Å². The van der Waals surface area contributed by atoms with E-state index in [0.717, 1.165) is 22.9 Å². The van der Waals surface area contributed by atoms with Crippen LogP contribution in [0.2, 0.25) is 0 Å². The van der Waals surface area contributed by atoms with Crippen LogP contribution in [-0.4, -0.2) is 20.7 Å². The van der Waals surface area contributed by atoms with E-state index in [1.54, 1.807) is 6.07 Å². The third-order valence-corrected chi connectivity index (χ3v) is 5.44. The minimum Gasteiger partial charge on any atom is -0.398 e. The number of halogens is 1. The molecule has 1 aliphatic heterocycles. The Morgan fingerprint density at radius 1 is 1.35 bits per heavy atom. The number of hydrogen-bond acceptors (Lipinski definition) is 3. The Morgan fingerprint density at radius 2 is 2.06 bits per heavy atom. The molecule has 1 aromatic carbocycles. The molecule has 1 heterocycles. The molecule has 6 heteroatoms. The van der Waals surface area contributed by atoms with Gasteiger partial charge < -0.3 is 5.73 Å². The van der Waals surface area contributed by atoms with Gasteiger partial charge in [0.15, 0.2) is 0 Å². The molecule has 1 saturated heterocycles. The minimum absolute atomic E-state index is 0.215. The lowest BCUT2D eigenvalue weighted by molar-refractivity contribution is 0.574. The van der Waals surface area contributed by atoms with Crippen molar-refractivity contribution in [3.63, 3.8) is 0 Å². The maximum atomic E-state index is 12.0. The number of nitrogen functional groups attached to an aromatic ring is 1. The fourth-order valence-electron chi connectivity index (χ4n) is 1.93. The zero-order chi connectivity index (χ0) is 12.6. The summed E-state index contributed by atoms with van der Waals surface area (Å²) in [7, 11) is -3.18. The average molecular weight is 319 g/mol. The number of sulfonamides is 1.